The number of nitrogens with zero attached hydrogens (tertiary/aromatic N) is 3. The van der Waals surface area contributed by atoms with E-state index in [1.807, 2.05) is 0 Å². The molecule has 0 fully saturated rings. The van der Waals surface area contributed by atoms with Crippen LogP contribution in [0, 0.1) is 12.7 Å². The van der Waals surface area contributed by atoms with Crippen molar-refractivity contribution >= 4 is 11.6 Å². The number of pyridine rings is 1. The Labute approximate surface area is 135 Å². The van der Waals surface area contributed by atoms with Gasteiger partial charge in [-0.2, -0.15) is 0 Å². The van der Waals surface area contributed by atoms with Gasteiger partial charge >= 0.3 is 0 Å². The molecular formula is C16H13FN4O3. The van der Waals surface area contributed by atoms with Crippen molar-refractivity contribution in [1.29, 1.82) is 0 Å². The summed E-state index contributed by atoms with van der Waals surface area (Å²) in [6.07, 6.45) is 1.47. The molecule has 0 unspecified atom stereocenters. The average Bonchev–Trinajstić information content (AvgIpc) is 2.98. The molecule has 0 saturated carbocycles. The van der Waals surface area contributed by atoms with Crippen molar-refractivity contribution in [3.63, 3.8) is 0 Å². The average molecular weight is 328 g/mol. The van der Waals surface area contributed by atoms with Gasteiger partial charge in [0.05, 0.1) is 5.56 Å². The first-order chi connectivity index (χ1) is 11.5. The number of amides is 1. The second kappa shape index (κ2) is 6.45. The molecule has 0 saturated heterocycles. The monoisotopic (exact) mass is 328 g/mol. The smallest absolute Gasteiger partial charge is 0.251 e. The lowest BCUT2D eigenvalue weighted by molar-refractivity contribution is -0.116. The van der Waals surface area contributed by atoms with E-state index >= 15 is 0 Å². The SMILES string of the molecule is Cc1nnc(-c2ccc(=O)n(CC(=O)Nc3ccc(F)cc3)c2)o1. The van der Waals surface area contributed by atoms with E-state index in [9.17, 15) is 14.0 Å². The number of benzene rings is 1. The number of anilines is 1. The Kier molecular flexibility index (Phi) is 4.19. The predicted octanol–water partition coefficient (Wildman–Crippen LogP) is 1.98. The second-order valence-electron chi connectivity index (χ2n) is 5.07. The number of aryl methyl sites for hydroxylation is 1. The molecule has 1 N–H and O–H groups in total. The van der Waals surface area contributed by atoms with Crippen LogP contribution in [-0.2, 0) is 11.3 Å². The van der Waals surface area contributed by atoms with Gasteiger partial charge in [-0.1, -0.05) is 0 Å². The third-order valence-corrected chi connectivity index (χ3v) is 3.20. The predicted molar refractivity (Wildman–Crippen MR) is 83.8 cm³/mol. The molecule has 24 heavy (non-hydrogen) atoms. The van der Waals surface area contributed by atoms with Gasteiger partial charge in [-0.15, -0.1) is 10.2 Å². The van der Waals surface area contributed by atoms with E-state index in [4.69, 9.17) is 4.42 Å². The van der Waals surface area contributed by atoms with E-state index in [0.29, 0.717) is 17.1 Å². The molecule has 0 aliphatic heterocycles. The van der Waals surface area contributed by atoms with Crippen molar-refractivity contribution in [2.45, 2.75) is 13.5 Å². The summed E-state index contributed by atoms with van der Waals surface area (Å²) in [7, 11) is 0. The molecule has 1 amide bonds. The minimum Gasteiger partial charge on any atom is -0.421 e. The molecule has 1 aromatic carbocycles. The van der Waals surface area contributed by atoms with Gasteiger partial charge in [0.25, 0.3) is 5.56 Å². The molecule has 3 aromatic rings. The molecule has 0 atom stereocenters. The minimum absolute atomic E-state index is 0.197. The first-order valence-corrected chi connectivity index (χ1v) is 7.08. The summed E-state index contributed by atoms with van der Waals surface area (Å²) in [6, 6.07) is 8.21. The summed E-state index contributed by atoms with van der Waals surface area (Å²) in [5.74, 6) is -0.147. The summed E-state index contributed by atoms with van der Waals surface area (Å²) in [5, 5.41) is 10.2. The van der Waals surface area contributed by atoms with E-state index in [2.05, 4.69) is 15.5 Å². The van der Waals surface area contributed by atoms with Crippen molar-refractivity contribution in [2.24, 2.45) is 0 Å². The lowest BCUT2D eigenvalue weighted by atomic mass is 10.3. The number of hydrogen-bond donors (Lipinski definition) is 1. The highest BCUT2D eigenvalue weighted by Gasteiger charge is 2.10. The van der Waals surface area contributed by atoms with Crippen molar-refractivity contribution in [3.05, 3.63) is 64.7 Å². The fourth-order valence-electron chi connectivity index (χ4n) is 2.08. The van der Waals surface area contributed by atoms with Crippen LogP contribution in [0.1, 0.15) is 5.89 Å². The van der Waals surface area contributed by atoms with Gasteiger partial charge in [0.1, 0.15) is 12.4 Å². The van der Waals surface area contributed by atoms with Gasteiger partial charge in [-0.3, -0.25) is 9.59 Å². The maximum Gasteiger partial charge on any atom is 0.251 e. The zero-order valence-electron chi connectivity index (χ0n) is 12.7. The number of carbonyl (C=O) groups excluding carboxylic acids is 1. The quantitative estimate of drug-likeness (QED) is 0.791. The molecule has 0 spiro atoms. The highest BCUT2D eigenvalue weighted by Crippen LogP contribution is 2.15. The Hall–Kier alpha value is -3.29. The van der Waals surface area contributed by atoms with Gasteiger partial charge < -0.3 is 14.3 Å². The van der Waals surface area contributed by atoms with E-state index in [0.717, 1.165) is 0 Å². The van der Waals surface area contributed by atoms with E-state index < -0.39 is 11.7 Å². The molecular weight excluding hydrogens is 315 g/mol. The van der Waals surface area contributed by atoms with Crippen LogP contribution in [0.4, 0.5) is 10.1 Å². The minimum atomic E-state index is -0.414. The van der Waals surface area contributed by atoms with Gasteiger partial charge in [0, 0.05) is 24.9 Å². The Bertz CT molecular complexity index is 931. The number of halogens is 1. The molecule has 3 rings (SSSR count). The molecule has 0 aliphatic rings. The van der Waals surface area contributed by atoms with E-state index in [1.54, 1.807) is 13.0 Å². The zero-order chi connectivity index (χ0) is 17.1. The number of nitrogens with one attached hydrogen (secondary N) is 1. The van der Waals surface area contributed by atoms with Gasteiger partial charge in [-0.25, -0.2) is 4.39 Å². The summed E-state index contributed by atoms with van der Waals surface area (Å²) < 4.78 is 19.4. The third-order valence-electron chi connectivity index (χ3n) is 3.20. The molecule has 8 heteroatoms. The Morgan fingerprint density at radius 1 is 1.21 bits per heavy atom. The van der Waals surface area contributed by atoms with Crippen LogP contribution in [-0.4, -0.2) is 20.7 Å². The topological polar surface area (TPSA) is 90.0 Å². The van der Waals surface area contributed by atoms with Crippen LogP contribution in [0.25, 0.3) is 11.5 Å². The van der Waals surface area contributed by atoms with Gasteiger partial charge in [0.15, 0.2) is 0 Å². The molecule has 2 heterocycles. The molecule has 2 aromatic heterocycles. The van der Waals surface area contributed by atoms with Crippen LogP contribution < -0.4 is 10.9 Å². The molecule has 122 valence electrons. The standard InChI is InChI=1S/C16H13FN4O3/c1-10-19-20-16(24-10)11-2-7-15(23)21(8-11)9-14(22)18-13-5-3-12(17)4-6-13/h2-8H,9H2,1H3,(H,18,22). The highest BCUT2D eigenvalue weighted by atomic mass is 19.1. The molecule has 0 aliphatic carbocycles. The fraction of sp³-hybridized carbons (Fsp3) is 0.125. The normalized spacial score (nSPS) is 10.6. The maximum atomic E-state index is 12.9. The first-order valence-electron chi connectivity index (χ1n) is 7.08. The van der Waals surface area contributed by atoms with Crippen LogP contribution >= 0.6 is 0 Å². The van der Waals surface area contributed by atoms with Crippen molar-refractivity contribution in [3.8, 4) is 11.5 Å². The zero-order valence-corrected chi connectivity index (χ0v) is 12.7. The van der Waals surface area contributed by atoms with Crippen molar-refractivity contribution < 1.29 is 13.6 Å². The van der Waals surface area contributed by atoms with Crippen molar-refractivity contribution in [2.75, 3.05) is 5.32 Å². The van der Waals surface area contributed by atoms with Gasteiger partial charge in [-0.05, 0) is 30.3 Å². The number of aromatic nitrogens is 3. The lowest BCUT2D eigenvalue weighted by Gasteiger charge is -2.08. The summed E-state index contributed by atoms with van der Waals surface area (Å²) in [6.45, 7) is 1.46. The molecule has 0 radical (unpaired) electrons. The van der Waals surface area contributed by atoms with Crippen molar-refractivity contribution in [1.82, 2.24) is 14.8 Å². The van der Waals surface area contributed by atoms with E-state index in [1.165, 1.54) is 41.1 Å². The largest absolute Gasteiger partial charge is 0.421 e. The number of rotatable bonds is 4. The number of carbonyl (C=O) groups is 1. The maximum absolute atomic E-state index is 12.9. The van der Waals surface area contributed by atoms with Gasteiger partial charge in [0.2, 0.25) is 17.7 Å². The first kappa shape index (κ1) is 15.6. The summed E-state index contributed by atoms with van der Waals surface area (Å²) in [4.78, 5) is 24.0. The molecule has 0 bridgehead atoms. The van der Waals surface area contributed by atoms with Crippen LogP contribution in [0.2, 0.25) is 0 Å². The Morgan fingerprint density at radius 3 is 2.62 bits per heavy atom. The Morgan fingerprint density at radius 2 is 1.96 bits per heavy atom. The summed E-state index contributed by atoms with van der Waals surface area (Å²) >= 11 is 0. The second-order valence-corrected chi connectivity index (χ2v) is 5.07. The molecule has 7 nitrogen and oxygen atoms in total. The number of hydrogen-bond acceptors (Lipinski definition) is 5. The fourth-order valence-corrected chi connectivity index (χ4v) is 2.08. The Balaban J connectivity index is 1.77. The van der Waals surface area contributed by atoms with Crippen LogP contribution in [0.3, 0.4) is 0 Å². The van der Waals surface area contributed by atoms with E-state index in [-0.39, 0.29) is 18.0 Å². The highest BCUT2D eigenvalue weighted by molar-refractivity contribution is 5.90. The third kappa shape index (κ3) is 3.54. The van der Waals surface area contributed by atoms with Crippen LogP contribution in [0.5, 0.6) is 0 Å². The summed E-state index contributed by atoms with van der Waals surface area (Å²) in [5.41, 5.74) is 0.632. The lowest BCUT2D eigenvalue weighted by Crippen LogP contribution is -2.26. The van der Waals surface area contributed by atoms with Crippen LogP contribution in [0.15, 0.2) is 51.8 Å².